The van der Waals surface area contributed by atoms with Crippen LogP contribution in [0.15, 0.2) is 15.9 Å². The van der Waals surface area contributed by atoms with E-state index < -0.39 is 0 Å². The first-order chi connectivity index (χ1) is 10.4. The number of likely N-dealkylation sites (tertiary alicyclic amines) is 1. The third-order valence-corrected chi connectivity index (χ3v) is 5.69. The molecule has 5 nitrogen and oxygen atoms in total. The largest absolute Gasteiger partial charge is 0.337 e. The van der Waals surface area contributed by atoms with Crippen LogP contribution in [0.1, 0.15) is 29.4 Å². The molecule has 1 aliphatic heterocycles. The smallest absolute Gasteiger partial charge is 0.264 e. The SMILES string of the molecule is CC1CCN(C(=O)CN(C)C(=O)c2ccc(Br)s2)C(CN)C1. The van der Waals surface area contributed by atoms with Gasteiger partial charge in [0.05, 0.1) is 15.2 Å². The zero-order valence-corrected chi connectivity index (χ0v) is 15.3. The molecule has 1 saturated heterocycles. The molecule has 0 saturated carbocycles. The van der Waals surface area contributed by atoms with Gasteiger partial charge in [0.1, 0.15) is 0 Å². The maximum absolute atomic E-state index is 12.5. The van der Waals surface area contributed by atoms with Gasteiger partial charge in [-0.1, -0.05) is 6.92 Å². The van der Waals surface area contributed by atoms with Crippen molar-refractivity contribution < 1.29 is 9.59 Å². The first-order valence-corrected chi connectivity index (χ1v) is 9.03. The predicted molar refractivity (Wildman–Crippen MR) is 91.9 cm³/mol. The van der Waals surface area contributed by atoms with E-state index in [4.69, 9.17) is 5.73 Å². The maximum Gasteiger partial charge on any atom is 0.264 e. The quantitative estimate of drug-likeness (QED) is 0.860. The van der Waals surface area contributed by atoms with Crippen LogP contribution >= 0.6 is 27.3 Å². The zero-order valence-electron chi connectivity index (χ0n) is 12.9. The Morgan fingerprint density at radius 2 is 2.23 bits per heavy atom. The molecule has 2 unspecified atom stereocenters. The van der Waals surface area contributed by atoms with Gasteiger partial charge in [-0.3, -0.25) is 9.59 Å². The summed E-state index contributed by atoms with van der Waals surface area (Å²) in [7, 11) is 1.66. The van der Waals surface area contributed by atoms with Crippen molar-refractivity contribution in [2.24, 2.45) is 11.7 Å². The van der Waals surface area contributed by atoms with Gasteiger partial charge in [-0.05, 0) is 46.8 Å². The maximum atomic E-state index is 12.5. The third kappa shape index (κ3) is 4.08. The molecule has 0 radical (unpaired) electrons. The van der Waals surface area contributed by atoms with E-state index in [0.717, 1.165) is 23.2 Å². The van der Waals surface area contributed by atoms with E-state index in [2.05, 4.69) is 22.9 Å². The lowest BCUT2D eigenvalue weighted by Gasteiger charge is -2.38. The Bertz CT molecular complexity index is 549. The molecule has 0 bridgehead atoms. The number of rotatable bonds is 4. The molecule has 2 rings (SSSR count). The number of halogens is 1. The van der Waals surface area contributed by atoms with E-state index in [1.807, 2.05) is 11.0 Å². The number of carbonyl (C=O) groups excluding carboxylic acids is 2. The Hall–Kier alpha value is -0.920. The second kappa shape index (κ2) is 7.57. The van der Waals surface area contributed by atoms with Gasteiger partial charge in [0.15, 0.2) is 0 Å². The molecule has 0 spiro atoms. The van der Waals surface area contributed by atoms with Gasteiger partial charge in [-0.15, -0.1) is 11.3 Å². The van der Waals surface area contributed by atoms with E-state index in [0.29, 0.717) is 17.3 Å². The lowest BCUT2D eigenvalue weighted by Crippen LogP contribution is -2.52. The van der Waals surface area contributed by atoms with E-state index in [-0.39, 0.29) is 24.4 Å². The van der Waals surface area contributed by atoms with E-state index in [1.165, 1.54) is 16.2 Å². The van der Waals surface area contributed by atoms with Crippen LogP contribution in [0.25, 0.3) is 0 Å². The standard InChI is InChI=1S/C15H22BrN3O2S/c1-10-5-6-19(11(7-10)8-17)14(20)9-18(2)15(21)12-3-4-13(16)22-12/h3-4,10-11H,5-9,17H2,1-2H3. The van der Waals surface area contributed by atoms with E-state index >= 15 is 0 Å². The zero-order chi connectivity index (χ0) is 16.3. The van der Waals surface area contributed by atoms with Gasteiger partial charge in [0.25, 0.3) is 5.91 Å². The molecule has 1 aromatic heterocycles. The third-order valence-electron chi connectivity index (χ3n) is 4.07. The number of nitrogens with zero attached hydrogens (tertiary/aromatic N) is 2. The van der Waals surface area contributed by atoms with Crippen molar-refractivity contribution in [1.82, 2.24) is 9.80 Å². The van der Waals surface area contributed by atoms with Crippen molar-refractivity contribution in [2.75, 3.05) is 26.7 Å². The lowest BCUT2D eigenvalue weighted by molar-refractivity contribution is -0.135. The molecular weight excluding hydrogens is 366 g/mol. The Balaban J connectivity index is 1.97. The highest BCUT2D eigenvalue weighted by Gasteiger charge is 2.30. The molecule has 2 heterocycles. The van der Waals surface area contributed by atoms with Gasteiger partial charge in [0, 0.05) is 26.2 Å². The summed E-state index contributed by atoms with van der Waals surface area (Å²) in [6.45, 7) is 3.49. The summed E-state index contributed by atoms with van der Waals surface area (Å²) in [5, 5.41) is 0. The fraction of sp³-hybridized carbons (Fsp3) is 0.600. The van der Waals surface area contributed by atoms with Crippen LogP contribution in [0.2, 0.25) is 0 Å². The predicted octanol–water partition coefficient (Wildman–Crippen LogP) is 2.17. The molecule has 2 atom stereocenters. The fourth-order valence-electron chi connectivity index (χ4n) is 2.79. The topological polar surface area (TPSA) is 66.6 Å². The first-order valence-electron chi connectivity index (χ1n) is 7.42. The Morgan fingerprint density at radius 3 is 2.82 bits per heavy atom. The van der Waals surface area contributed by atoms with Crippen molar-refractivity contribution in [3.8, 4) is 0 Å². The van der Waals surface area contributed by atoms with Crippen molar-refractivity contribution in [1.29, 1.82) is 0 Å². The second-order valence-corrected chi connectivity index (χ2v) is 8.33. The van der Waals surface area contributed by atoms with Crippen molar-refractivity contribution in [2.45, 2.75) is 25.8 Å². The molecule has 22 heavy (non-hydrogen) atoms. The first kappa shape index (κ1) is 17.4. The normalized spacial score (nSPS) is 21.7. The van der Waals surface area contributed by atoms with Crippen LogP contribution in [0.4, 0.5) is 0 Å². The summed E-state index contributed by atoms with van der Waals surface area (Å²) in [5.41, 5.74) is 5.80. The van der Waals surface area contributed by atoms with E-state index in [1.54, 1.807) is 13.1 Å². The van der Waals surface area contributed by atoms with Gasteiger partial charge < -0.3 is 15.5 Å². The molecule has 1 aromatic rings. The van der Waals surface area contributed by atoms with Crippen LogP contribution < -0.4 is 5.73 Å². The van der Waals surface area contributed by atoms with Crippen LogP contribution in [-0.2, 0) is 4.79 Å². The van der Waals surface area contributed by atoms with Gasteiger partial charge in [-0.2, -0.15) is 0 Å². The van der Waals surface area contributed by atoms with Crippen molar-refractivity contribution in [3.63, 3.8) is 0 Å². The molecule has 0 aromatic carbocycles. The highest BCUT2D eigenvalue weighted by molar-refractivity contribution is 9.11. The average molecular weight is 388 g/mol. The molecule has 2 amide bonds. The van der Waals surface area contributed by atoms with Crippen LogP contribution in [0, 0.1) is 5.92 Å². The van der Waals surface area contributed by atoms with Gasteiger partial charge in [-0.25, -0.2) is 0 Å². The molecule has 0 aliphatic carbocycles. The fourth-order valence-corrected chi connectivity index (χ4v) is 4.17. The molecule has 2 N–H and O–H groups in total. The number of piperidine rings is 1. The molecule has 1 fully saturated rings. The minimum Gasteiger partial charge on any atom is -0.337 e. The Morgan fingerprint density at radius 1 is 1.50 bits per heavy atom. The summed E-state index contributed by atoms with van der Waals surface area (Å²) in [6.07, 6.45) is 1.94. The number of likely N-dealkylation sites (N-methyl/N-ethyl adjacent to an activating group) is 1. The lowest BCUT2D eigenvalue weighted by atomic mass is 9.92. The van der Waals surface area contributed by atoms with E-state index in [9.17, 15) is 9.59 Å². The minimum atomic E-state index is -0.126. The van der Waals surface area contributed by atoms with Crippen LogP contribution in [-0.4, -0.2) is 54.3 Å². The summed E-state index contributed by atoms with van der Waals surface area (Å²) in [5.74, 6) is 0.452. The number of hydrogen-bond donors (Lipinski definition) is 1. The molecular formula is C15H22BrN3O2S. The molecule has 122 valence electrons. The summed E-state index contributed by atoms with van der Waals surface area (Å²) < 4.78 is 0.906. The number of nitrogens with two attached hydrogens (primary N) is 1. The van der Waals surface area contributed by atoms with Gasteiger partial charge in [0.2, 0.25) is 5.91 Å². The Kier molecular flexibility index (Phi) is 6.00. The monoisotopic (exact) mass is 387 g/mol. The number of carbonyl (C=O) groups is 2. The summed E-state index contributed by atoms with van der Waals surface area (Å²) in [6, 6.07) is 3.70. The molecule has 7 heteroatoms. The summed E-state index contributed by atoms with van der Waals surface area (Å²) >= 11 is 4.72. The van der Waals surface area contributed by atoms with Crippen LogP contribution in [0.3, 0.4) is 0 Å². The highest BCUT2D eigenvalue weighted by Crippen LogP contribution is 2.24. The number of thiophene rings is 1. The second-order valence-electron chi connectivity index (χ2n) is 5.87. The van der Waals surface area contributed by atoms with Crippen molar-refractivity contribution in [3.05, 3.63) is 20.8 Å². The highest BCUT2D eigenvalue weighted by atomic mass is 79.9. The van der Waals surface area contributed by atoms with Crippen molar-refractivity contribution >= 4 is 39.1 Å². The van der Waals surface area contributed by atoms with Crippen LogP contribution in [0.5, 0.6) is 0 Å². The Labute approximate surface area is 143 Å². The molecule has 1 aliphatic rings. The number of amides is 2. The minimum absolute atomic E-state index is 0.0196. The summed E-state index contributed by atoms with van der Waals surface area (Å²) in [4.78, 5) is 28.7. The number of hydrogen-bond acceptors (Lipinski definition) is 4. The van der Waals surface area contributed by atoms with Gasteiger partial charge >= 0.3 is 0 Å². The average Bonchev–Trinajstić information content (AvgIpc) is 2.92.